The van der Waals surface area contributed by atoms with Crippen LogP contribution >= 0.6 is 0 Å². The van der Waals surface area contributed by atoms with Gasteiger partial charge in [0.05, 0.1) is 25.3 Å². The second-order valence-electron chi connectivity index (χ2n) is 11.7. The number of rotatable bonds is 4. The summed E-state index contributed by atoms with van der Waals surface area (Å²) in [4.78, 5) is 56.3. The highest BCUT2D eigenvalue weighted by Crippen LogP contribution is 2.25. The van der Waals surface area contributed by atoms with E-state index in [4.69, 9.17) is 9.47 Å². The fourth-order valence-corrected chi connectivity index (χ4v) is 5.97. The minimum absolute atomic E-state index is 0.0111. The Bertz CT molecular complexity index is 1320. The molecule has 2 aromatic carbocycles. The van der Waals surface area contributed by atoms with E-state index in [1.54, 1.807) is 11.9 Å². The van der Waals surface area contributed by atoms with E-state index in [0.717, 1.165) is 30.5 Å². The zero-order chi connectivity index (χ0) is 30.2. The Morgan fingerprint density at radius 2 is 1.70 bits per heavy atom. The second kappa shape index (κ2) is 14.5. The predicted octanol–water partition coefficient (Wildman–Crippen LogP) is 3.28. The molecule has 10 heteroatoms. The van der Waals surface area contributed by atoms with Crippen molar-refractivity contribution in [1.82, 2.24) is 20.0 Å². The van der Waals surface area contributed by atoms with Crippen molar-refractivity contribution in [3.63, 3.8) is 0 Å². The summed E-state index contributed by atoms with van der Waals surface area (Å²) in [6.45, 7) is 2.46. The third-order valence-corrected chi connectivity index (χ3v) is 8.42. The van der Waals surface area contributed by atoms with Crippen molar-refractivity contribution in [3.8, 4) is 11.5 Å². The van der Waals surface area contributed by atoms with Crippen LogP contribution in [0.25, 0.3) is 0 Å². The average molecular weight is 591 g/mol. The largest absolute Gasteiger partial charge is 0.457 e. The number of carbonyl (C=O) groups is 4. The van der Waals surface area contributed by atoms with Gasteiger partial charge in [-0.05, 0) is 67.5 Å². The van der Waals surface area contributed by atoms with Gasteiger partial charge in [0.15, 0.2) is 0 Å². The molecule has 2 fully saturated rings. The standard InChI is InChI=1S/C33H42N4O6/c1-35-22-30(38)34-28-21-37(33(41)12-6-17-36-16-3-2-11-32(36)40)18-15-29(28)42-23-25-8-5-10-27(20-25)43-26-9-4-7-24(19-26)13-14-31(35)39/h4-5,7-10,19-20,28-29H,2-3,6,11-18,21-23H2,1H3,(H,34,38)/t28-,29+/m0/s1. The van der Waals surface area contributed by atoms with Gasteiger partial charge in [-0.1, -0.05) is 24.3 Å². The number of ether oxygens (including phenoxy) is 2. The first-order chi connectivity index (χ1) is 20.8. The molecule has 0 aliphatic carbocycles. The molecule has 43 heavy (non-hydrogen) atoms. The van der Waals surface area contributed by atoms with E-state index in [1.165, 1.54) is 4.90 Å². The Hall–Kier alpha value is -3.92. The van der Waals surface area contributed by atoms with Crippen LogP contribution in [0, 0.1) is 0 Å². The average Bonchev–Trinajstić information content (AvgIpc) is 3.00. The van der Waals surface area contributed by atoms with Crippen LogP contribution in [0.4, 0.5) is 0 Å². The lowest BCUT2D eigenvalue weighted by atomic mass is 10.0. The van der Waals surface area contributed by atoms with Crippen LogP contribution in [-0.4, -0.2) is 90.2 Å². The lowest BCUT2D eigenvalue weighted by molar-refractivity contribution is -0.139. The zero-order valence-electron chi connectivity index (χ0n) is 25.0. The first-order valence-corrected chi connectivity index (χ1v) is 15.4. The van der Waals surface area contributed by atoms with Gasteiger partial charge < -0.3 is 29.5 Å². The van der Waals surface area contributed by atoms with Crippen LogP contribution < -0.4 is 10.1 Å². The third-order valence-electron chi connectivity index (χ3n) is 8.42. The van der Waals surface area contributed by atoms with Crippen molar-refractivity contribution in [2.75, 3.05) is 39.8 Å². The van der Waals surface area contributed by atoms with Crippen LogP contribution in [0.5, 0.6) is 11.5 Å². The van der Waals surface area contributed by atoms with Crippen molar-refractivity contribution >= 4 is 23.6 Å². The van der Waals surface area contributed by atoms with E-state index in [2.05, 4.69) is 5.32 Å². The molecule has 3 aliphatic rings. The van der Waals surface area contributed by atoms with Gasteiger partial charge >= 0.3 is 0 Å². The van der Waals surface area contributed by atoms with E-state index in [-0.39, 0.29) is 42.7 Å². The van der Waals surface area contributed by atoms with Gasteiger partial charge in [0.25, 0.3) is 0 Å². The minimum atomic E-state index is -0.421. The number of piperidine rings is 2. The fraction of sp³-hybridized carbons (Fsp3) is 0.515. The highest BCUT2D eigenvalue weighted by molar-refractivity contribution is 5.85. The molecule has 5 rings (SSSR count). The maximum atomic E-state index is 13.2. The molecule has 0 saturated carbocycles. The van der Waals surface area contributed by atoms with Crippen molar-refractivity contribution in [2.24, 2.45) is 0 Å². The van der Waals surface area contributed by atoms with Crippen LogP contribution in [0.3, 0.4) is 0 Å². The Morgan fingerprint density at radius 1 is 0.930 bits per heavy atom. The van der Waals surface area contributed by atoms with Gasteiger partial charge in [0, 0.05) is 52.5 Å². The molecule has 0 radical (unpaired) electrons. The molecule has 0 spiro atoms. The number of amides is 4. The lowest BCUT2D eigenvalue weighted by Crippen LogP contribution is -2.58. The van der Waals surface area contributed by atoms with Gasteiger partial charge in [-0.2, -0.15) is 0 Å². The Balaban J connectivity index is 1.26. The number of nitrogens with one attached hydrogen (secondary N) is 1. The maximum Gasteiger partial charge on any atom is 0.239 e. The first-order valence-electron chi connectivity index (χ1n) is 15.4. The van der Waals surface area contributed by atoms with Gasteiger partial charge in [0.1, 0.15) is 11.5 Å². The number of aryl methyl sites for hydroxylation is 1. The highest BCUT2D eigenvalue weighted by Gasteiger charge is 2.33. The summed E-state index contributed by atoms with van der Waals surface area (Å²) < 4.78 is 12.5. The van der Waals surface area contributed by atoms with Crippen LogP contribution in [0.2, 0.25) is 0 Å². The van der Waals surface area contributed by atoms with E-state index < -0.39 is 6.04 Å². The number of nitrogens with zero attached hydrogens (tertiary/aromatic N) is 3. The summed E-state index contributed by atoms with van der Waals surface area (Å²) in [5.41, 5.74) is 1.91. The fourth-order valence-electron chi connectivity index (χ4n) is 5.97. The first kappa shape index (κ1) is 30.5. The van der Waals surface area contributed by atoms with E-state index in [0.29, 0.717) is 69.8 Å². The van der Waals surface area contributed by atoms with Gasteiger partial charge in [-0.25, -0.2) is 0 Å². The van der Waals surface area contributed by atoms with Crippen LogP contribution in [0.15, 0.2) is 48.5 Å². The Labute approximate surface area is 253 Å². The van der Waals surface area contributed by atoms with Gasteiger partial charge in [-0.3, -0.25) is 19.2 Å². The van der Waals surface area contributed by atoms with E-state index in [1.807, 2.05) is 53.4 Å². The SMILES string of the molecule is CN1CC(=O)N[C@H]2CN(C(=O)CCCN3CCCCC3=O)CC[C@H]2OCc2cccc(c2)Oc2cccc(c2)CCC1=O. The topological polar surface area (TPSA) is 108 Å². The maximum absolute atomic E-state index is 13.2. The molecule has 4 amide bonds. The smallest absolute Gasteiger partial charge is 0.239 e. The van der Waals surface area contributed by atoms with Crippen molar-refractivity contribution in [3.05, 3.63) is 59.7 Å². The summed E-state index contributed by atoms with van der Waals surface area (Å²) in [5, 5.41) is 3.05. The van der Waals surface area contributed by atoms with E-state index >= 15 is 0 Å². The zero-order valence-corrected chi connectivity index (χ0v) is 25.0. The van der Waals surface area contributed by atoms with Crippen molar-refractivity contribution in [2.45, 2.75) is 70.1 Å². The number of likely N-dealkylation sites (N-methyl/N-ethyl adjacent to an activating group) is 1. The van der Waals surface area contributed by atoms with Gasteiger partial charge in [-0.15, -0.1) is 0 Å². The minimum Gasteiger partial charge on any atom is -0.457 e. The second-order valence-corrected chi connectivity index (χ2v) is 11.7. The molecule has 10 nitrogen and oxygen atoms in total. The van der Waals surface area contributed by atoms with Gasteiger partial charge in [0.2, 0.25) is 23.6 Å². The molecular weight excluding hydrogens is 548 g/mol. The normalized spacial score (nSPS) is 22.2. The van der Waals surface area contributed by atoms with Crippen LogP contribution in [0.1, 0.15) is 56.1 Å². The van der Waals surface area contributed by atoms with Crippen molar-refractivity contribution in [1.29, 1.82) is 0 Å². The summed E-state index contributed by atoms with van der Waals surface area (Å²) in [5.74, 6) is 1.15. The van der Waals surface area contributed by atoms with Crippen molar-refractivity contribution < 1.29 is 28.7 Å². The monoisotopic (exact) mass is 590 g/mol. The number of hydrogen-bond acceptors (Lipinski definition) is 6. The summed E-state index contributed by atoms with van der Waals surface area (Å²) in [6, 6.07) is 15.0. The molecule has 2 atom stereocenters. The number of likely N-dealkylation sites (tertiary alicyclic amines) is 2. The molecule has 2 aromatic rings. The summed E-state index contributed by atoms with van der Waals surface area (Å²) in [6.07, 6.45) is 4.57. The highest BCUT2D eigenvalue weighted by atomic mass is 16.5. The Morgan fingerprint density at radius 3 is 2.49 bits per heavy atom. The predicted molar refractivity (Wildman–Crippen MR) is 160 cm³/mol. The van der Waals surface area contributed by atoms with Crippen LogP contribution in [-0.2, 0) is 36.9 Å². The molecule has 3 aliphatic heterocycles. The Kier molecular flexibility index (Phi) is 10.3. The number of benzene rings is 2. The lowest BCUT2D eigenvalue weighted by Gasteiger charge is -2.39. The summed E-state index contributed by atoms with van der Waals surface area (Å²) in [7, 11) is 1.63. The molecular formula is C33H42N4O6. The third kappa shape index (κ3) is 8.56. The molecule has 3 heterocycles. The number of fused-ring (bicyclic) bond motifs is 5. The molecule has 4 bridgehead atoms. The number of carbonyl (C=O) groups excluding carboxylic acids is 4. The van der Waals surface area contributed by atoms with E-state index in [9.17, 15) is 19.2 Å². The quantitative estimate of drug-likeness (QED) is 0.586. The number of hydrogen-bond donors (Lipinski definition) is 1. The molecule has 0 unspecified atom stereocenters. The molecule has 0 aromatic heterocycles. The summed E-state index contributed by atoms with van der Waals surface area (Å²) >= 11 is 0. The molecule has 1 N–H and O–H groups in total. The molecule has 2 saturated heterocycles. The molecule has 230 valence electrons.